The van der Waals surface area contributed by atoms with Crippen LogP contribution in [-0.2, 0) is 0 Å². The summed E-state index contributed by atoms with van der Waals surface area (Å²) in [6.45, 7) is 12.0. The standard InChI is InChI=1S/C18H20N4O2.3C2H6.Al.H/c23-17(15-9-3-5-11-19-15)21-13-7-1-2-8-14(13)22-18(24)16-10-4-6-12-20-16;3*1-2;;/h3-6,9-14H,1-2,7-8H2,(H2,21,22,23,24);3*1-2H3;;/q;;;;+2;/p-2. The number of carbonyl (C=O) groups excluding carboxylic acids is 2. The summed E-state index contributed by atoms with van der Waals surface area (Å²) in [6, 6.07) is 11.0. The molecule has 6 nitrogen and oxygen atoms in total. The summed E-state index contributed by atoms with van der Waals surface area (Å²) in [5.74, 6) is -0.0824. The molecule has 0 spiro atoms. The molecule has 2 aromatic heterocycles. The third kappa shape index (κ3) is 6.62. The highest BCUT2D eigenvalue weighted by atomic mass is 27.1. The maximum Gasteiger partial charge on any atom is 0.554 e. The number of hydrogen-bond donors (Lipinski definition) is 0. The maximum absolute atomic E-state index is 13.0. The Morgan fingerprint density at radius 3 is 1.45 bits per heavy atom. The van der Waals surface area contributed by atoms with Crippen LogP contribution in [-0.4, -0.2) is 57.3 Å². The third-order valence-corrected chi connectivity index (χ3v) is 7.21. The molecular weight excluding hydrogens is 403 g/mol. The van der Waals surface area contributed by atoms with E-state index in [1.807, 2.05) is 61.4 Å². The van der Waals surface area contributed by atoms with Gasteiger partial charge in [0.2, 0.25) is 11.8 Å². The molecule has 31 heavy (non-hydrogen) atoms. The van der Waals surface area contributed by atoms with Gasteiger partial charge in [-0.3, -0.25) is 19.6 Å². The van der Waals surface area contributed by atoms with Crippen molar-refractivity contribution in [3.63, 3.8) is 0 Å². The minimum Gasteiger partial charge on any atom is -0.408 e. The van der Waals surface area contributed by atoms with Crippen LogP contribution in [0.3, 0.4) is 0 Å². The van der Waals surface area contributed by atoms with E-state index in [0.717, 1.165) is 25.7 Å². The first-order valence-corrected chi connectivity index (χ1v) is 13.0. The second-order valence-electron chi connectivity index (χ2n) is 6.54. The molecule has 2 amide bonds. The zero-order valence-corrected chi connectivity index (χ0v) is 21.3. The molecule has 2 aliphatic rings. The van der Waals surface area contributed by atoms with E-state index >= 15 is 0 Å². The van der Waals surface area contributed by atoms with Gasteiger partial charge in [-0.25, -0.2) is 0 Å². The molecule has 168 valence electrons. The molecule has 2 atom stereocenters. The predicted octanol–water partition coefficient (Wildman–Crippen LogP) is 4.73. The highest BCUT2D eigenvalue weighted by Crippen LogP contribution is 2.33. The lowest BCUT2D eigenvalue weighted by Crippen LogP contribution is -2.43. The molecule has 0 N–H and O–H groups in total. The number of aromatic nitrogens is 2. The lowest BCUT2D eigenvalue weighted by Gasteiger charge is -2.35. The van der Waals surface area contributed by atoms with Crippen LogP contribution in [0.2, 0.25) is 0 Å². The van der Waals surface area contributed by atoms with Gasteiger partial charge in [-0.05, 0) is 37.1 Å². The van der Waals surface area contributed by atoms with Gasteiger partial charge in [0.05, 0.1) is 0 Å². The Morgan fingerprint density at radius 1 is 0.742 bits per heavy atom. The van der Waals surface area contributed by atoms with Crippen LogP contribution in [0.25, 0.3) is 0 Å². The normalized spacial score (nSPS) is 18.5. The van der Waals surface area contributed by atoms with Crippen LogP contribution in [0.5, 0.6) is 0 Å². The molecule has 0 bridgehead atoms. The Kier molecular flexibility index (Phi) is 12.7. The van der Waals surface area contributed by atoms with Crippen molar-refractivity contribution in [2.24, 2.45) is 0 Å². The number of pyridine rings is 2. The quantitative estimate of drug-likeness (QED) is 0.633. The molecule has 1 aliphatic carbocycles. The zero-order valence-electron chi connectivity index (χ0n) is 19.9. The van der Waals surface area contributed by atoms with Crippen molar-refractivity contribution in [3.8, 4) is 0 Å². The van der Waals surface area contributed by atoms with Crippen molar-refractivity contribution in [2.75, 3.05) is 0 Å². The molecular formula is C24H37AlN4O2. The van der Waals surface area contributed by atoms with Gasteiger partial charge in [0.15, 0.2) is 0 Å². The van der Waals surface area contributed by atoms with Crippen LogP contribution in [0.1, 0.15) is 88.2 Å². The maximum atomic E-state index is 13.0. The van der Waals surface area contributed by atoms with Crippen LogP contribution in [0.4, 0.5) is 0 Å². The summed E-state index contributed by atoms with van der Waals surface area (Å²) in [5.41, 5.74) is 0.929. The molecule has 2 aromatic rings. The molecule has 0 radical (unpaired) electrons. The number of carbonyl (C=O) groups is 2. The van der Waals surface area contributed by atoms with Crippen molar-refractivity contribution in [3.05, 3.63) is 60.2 Å². The second-order valence-corrected chi connectivity index (χ2v) is 8.19. The average molecular weight is 441 g/mol. The van der Waals surface area contributed by atoms with Gasteiger partial charge < -0.3 is 7.77 Å². The molecule has 1 saturated carbocycles. The lowest BCUT2D eigenvalue weighted by molar-refractivity contribution is 0.0737. The number of hydrogen-bond acceptors (Lipinski definition) is 4. The Balaban J connectivity index is 0.000000739. The molecule has 2 fully saturated rings. The first kappa shape index (κ1) is 26.8. The van der Waals surface area contributed by atoms with E-state index in [0.29, 0.717) is 11.4 Å². The monoisotopic (exact) mass is 440 g/mol. The molecule has 1 aliphatic heterocycles. The van der Waals surface area contributed by atoms with Gasteiger partial charge in [-0.1, -0.05) is 66.5 Å². The molecule has 7 heteroatoms. The summed E-state index contributed by atoms with van der Waals surface area (Å²) >= 11 is -1.20. The molecule has 0 aromatic carbocycles. The first-order valence-electron chi connectivity index (χ1n) is 11.7. The molecule has 1 saturated heterocycles. The summed E-state index contributed by atoms with van der Waals surface area (Å²) in [4.78, 5) is 34.3. The molecule has 3 heterocycles. The van der Waals surface area contributed by atoms with Crippen molar-refractivity contribution >= 4 is 27.5 Å². The van der Waals surface area contributed by atoms with Crippen LogP contribution in [0, 0.1) is 0 Å². The minimum absolute atomic E-state index is 0.0412. The Morgan fingerprint density at radius 2 is 1.13 bits per heavy atom. The van der Waals surface area contributed by atoms with Crippen molar-refractivity contribution in [1.29, 1.82) is 0 Å². The Bertz CT molecular complexity index is 708. The van der Waals surface area contributed by atoms with Gasteiger partial charge in [0, 0.05) is 24.5 Å². The summed E-state index contributed by atoms with van der Waals surface area (Å²) in [7, 11) is 0. The van der Waals surface area contributed by atoms with E-state index in [1.54, 1.807) is 36.7 Å². The SMILES string of the molecule is CC.CC.CC.O=C(c1ccccn1)[N]1[AlH][N](C(=O)c2ccccn2)C2CCCCC21. The van der Waals surface area contributed by atoms with Gasteiger partial charge in [0.25, 0.3) is 0 Å². The van der Waals surface area contributed by atoms with Crippen molar-refractivity contribution < 1.29 is 9.59 Å². The minimum atomic E-state index is -1.20. The Labute approximate surface area is 194 Å². The van der Waals surface area contributed by atoms with E-state index in [2.05, 4.69) is 9.97 Å². The van der Waals surface area contributed by atoms with E-state index in [9.17, 15) is 9.59 Å². The van der Waals surface area contributed by atoms with Crippen LogP contribution in [0.15, 0.2) is 48.8 Å². The number of rotatable bonds is 2. The molecule has 2 unspecified atom stereocenters. The first-order chi connectivity index (χ1) is 15.3. The largest absolute Gasteiger partial charge is 0.554 e. The van der Waals surface area contributed by atoms with Gasteiger partial charge in [-0.15, -0.1) is 0 Å². The van der Waals surface area contributed by atoms with Gasteiger partial charge in [-0.2, -0.15) is 0 Å². The highest BCUT2D eigenvalue weighted by Gasteiger charge is 2.47. The Hall–Kier alpha value is -2.23. The smallest absolute Gasteiger partial charge is 0.408 e. The summed E-state index contributed by atoms with van der Waals surface area (Å²) < 4.78 is 3.90. The van der Waals surface area contributed by atoms with E-state index in [-0.39, 0.29) is 23.9 Å². The number of fused-ring (bicyclic) bond motifs is 1. The molecule has 4 rings (SSSR count). The van der Waals surface area contributed by atoms with Crippen molar-refractivity contribution in [2.45, 2.75) is 79.3 Å². The van der Waals surface area contributed by atoms with Gasteiger partial charge in [0.1, 0.15) is 11.4 Å². The number of nitrogens with zero attached hydrogens (tertiary/aromatic N) is 4. The summed E-state index contributed by atoms with van der Waals surface area (Å²) in [5, 5.41) is 0. The van der Waals surface area contributed by atoms with E-state index in [4.69, 9.17) is 0 Å². The fraction of sp³-hybridized carbons (Fsp3) is 0.500. The van der Waals surface area contributed by atoms with Crippen LogP contribution >= 0.6 is 0 Å². The lowest BCUT2D eigenvalue weighted by atomic mass is 9.90. The van der Waals surface area contributed by atoms with E-state index in [1.165, 1.54) is 0 Å². The predicted molar refractivity (Wildman–Crippen MR) is 128 cm³/mol. The average Bonchev–Trinajstić information content (AvgIpc) is 3.27. The second kappa shape index (κ2) is 14.7. The fourth-order valence-electron chi connectivity index (χ4n) is 3.90. The van der Waals surface area contributed by atoms with Crippen LogP contribution < -0.4 is 0 Å². The third-order valence-electron chi connectivity index (χ3n) is 5.09. The highest BCUT2D eigenvalue weighted by molar-refractivity contribution is 6.41. The summed E-state index contributed by atoms with van der Waals surface area (Å²) in [6.07, 6.45) is 7.41. The fourth-order valence-corrected chi connectivity index (χ4v) is 6.08. The zero-order chi connectivity index (χ0) is 23.2. The van der Waals surface area contributed by atoms with Gasteiger partial charge >= 0.3 is 15.7 Å². The topological polar surface area (TPSA) is 66.4 Å². The van der Waals surface area contributed by atoms with E-state index < -0.39 is 15.7 Å². The number of amides is 2. The van der Waals surface area contributed by atoms with Crippen molar-refractivity contribution in [1.82, 2.24) is 17.7 Å².